The first-order chi connectivity index (χ1) is 13.6. The SMILES string of the molecule is CCC(=O)NCc1cc2n(n1)CCN(Cc1cc(F)ccc1-n1cccn1)C2. The van der Waals surface area contributed by atoms with E-state index in [0.717, 1.165) is 42.3 Å². The maximum Gasteiger partial charge on any atom is 0.220 e. The monoisotopic (exact) mass is 382 g/mol. The first-order valence-corrected chi connectivity index (χ1v) is 9.45. The van der Waals surface area contributed by atoms with Crippen LogP contribution in [0.3, 0.4) is 0 Å². The zero-order valence-electron chi connectivity index (χ0n) is 15.8. The Morgan fingerprint density at radius 3 is 2.96 bits per heavy atom. The molecule has 0 radical (unpaired) electrons. The van der Waals surface area contributed by atoms with Crippen LogP contribution in [0.5, 0.6) is 0 Å². The van der Waals surface area contributed by atoms with Gasteiger partial charge in [-0.3, -0.25) is 14.4 Å². The second kappa shape index (κ2) is 7.93. The van der Waals surface area contributed by atoms with E-state index in [-0.39, 0.29) is 11.7 Å². The summed E-state index contributed by atoms with van der Waals surface area (Å²) in [7, 11) is 0. The van der Waals surface area contributed by atoms with E-state index >= 15 is 0 Å². The number of nitrogens with zero attached hydrogens (tertiary/aromatic N) is 5. The summed E-state index contributed by atoms with van der Waals surface area (Å²) in [4.78, 5) is 13.7. The topological polar surface area (TPSA) is 68.0 Å². The zero-order valence-corrected chi connectivity index (χ0v) is 15.8. The van der Waals surface area contributed by atoms with Crippen LogP contribution in [-0.4, -0.2) is 36.9 Å². The number of hydrogen-bond donors (Lipinski definition) is 1. The van der Waals surface area contributed by atoms with Gasteiger partial charge in [0.2, 0.25) is 5.91 Å². The summed E-state index contributed by atoms with van der Waals surface area (Å²) in [6.45, 7) is 5.22. The smallest absolute Gasteiger partial charge is 0.220 e. The molecular formula is C20H23FN6O. The van der Waals surface area contributed by atoms with Crippen molar-refractivity contribution in [2.75, 3.05) is 6.54 Å². The number of aromatic nitrogens is 4. The minimum atomic E-state index is -0.248. The van der Waals surface area contributed by atoms with Crippen LogP contribution in [0.4, 0.5) is 4.39 Å². The third-order valence-corrected chi connectivity index (χ3v) is 4.90. The van der Waals surface area contributed by atoms with Gasteiger partial charge in [0.1, 0.15) is 5.82 Å². The van der Waals surface area contributed by atoms with Gasteiger partial charge in [-0.05, 0) is 35.9 Å². The summed E-state index contributed by atoms with van der Waals surface area (Å²) in [5.74, 6) is -0.230. The van der Waals surface area contributed by atoms with E-state index in [2.05, 4.69) is 20.4 Å². The average molecular weight is 382 g/mol. The summed E-state index contributed by atoms with van der Waals surface area (Å²) >= 11 is 0. The first kappa shape index (κ1) is 18.4. The van der Waals surface area contributed by atoms with E-state index in [1.807, 2.05) is 29.9 Å². The van der Waals surface area contributed by atoms with E-state index in [1.54, 1.807) is 23.0 Å². The van der Waals surface area contributed by atoms with Gasteiger partial charge in [0.25, 0.3) is 0 Å². The second-order valence-corrected chi connectivity index (χ2v) is 6.91. The Kier molecular flexibility index (Phi) is 5.21. The van der Waals surface area contributed by atoms with Crippen molar-refractivity contribution in [3.63, 3.8) is 0 Å². The number of carbonyl (C=O) groups is 1. The number of halogens is 1. The molecule has 0 aliphatic carbocycles. The third kappa shape index (κ3) is 3.96. The number of benzene rings is 1. The molecule has 2 aromatic heterocycles. The number of nitrogens with one attached hydrogen (secondary N) is 1. The van der Waals surface area contributed by atoms with Crippen LogP contribution >= 0.6 is 0 Å². The Balaban J connectivity index is 1.48. The average Bonchev–Trinajstić information content (AvgIpc) is 3.35. The van der Waals surface area contributed by atoms with Crippen LogP contribution in [0.15, 0.2) is 42.7 Å². The van der Waals surface area contributed by atoms with Gasteiger partial charge in [-0.2, -0.15) is 10.2 Å². The van der Waals surface area contributed by atoms with Crippen LogP contribution in [0.1, 0.15) is 30.3 Å². The molecule has 0 saturated carbocycles. The molecule has 3 heterocycles. The highest BCUT2D eigenvalue weighted by Crippen LogP contribution is 2.21. The molecule has 28 heavy (non-hydrogen) atoms. The summed E-state index contributed by atoms with van der Waals surface area (Å²) in [6, 6.07) is 8.69. The number of hydrogen-bond acceptors (Lipinski definition) is 4. The van der Waals surface area contributed by atoms with E-state index in [0.29, 0.717) is 19.5 Å². The molecule has 0 fully saturated rings. The Labute approximate surface area is 162 Å². The minimum Gasteiger partial charge on any atom is -0.350 e. The van der Waals surface area contributed by atoms with E-state index in [1.165, 1.54) is 6.07 Å². The van der Waals surface area contributed by atoms with Crippen molar-refractivity contribution in [2.24, 2.45) is 0 Å². The second-order valence-electron chi connectivity index (χ2n) is 6.91. The van der Waals surface area contributed by atoms with Gasteiger partial charge in [0.05, 0.1) is 30.2 Å². The zero-order chi connectivity index (χ0) is 19.5. The van der Waals surface area contributed by atoms with Gasteiger partial charge < -0.3 is 5.32 Å². The molecule has 0 atom stereocenters. The fourth-order valence-electron chi connectivity index (χ4n) is 3.47. The number of fused-ring (bicyclic) bond motifs is 1. The van der Waals surface area contributed by atoms with Gasteiger partial charge >= 0.3 is 0 Å². The normalized spacial score (nSPS) is 14.1. The molecule has 4 rings (SSSR count). The molecule has 0 saturated heterocycles. The van der Waals surface area contributed by atoms with Crippen LogP contribution < -0.4 is 5.32 Å². The summed E-state index contributed by atoms with van der Waals surface area (Å²) in [5, 5.41) is 11.7. The predicted molar refractivity (Wildman–Crippen MR) is 102 cm³/mol. The molecule has 1 aliphatic rings. The summed E-state index contributed by atoms with van der Waals surface area (Å²) in [5.41, 5.74) is 3.74. The summed E-state index contributed by atoms with van der Waals surface area (Å²) < 4.78 is 17.6. The highest BCUT2D eigenvalue weighted by atomic mass is 19.1. The maximum atomic E-state index is 13.9. The quantitative estimate of drug-likeness (QED) is 0.710. The first-order valence-electron chi connectivity index (χ1n) is 9.45. The molecule has 1 amide bonds. The molecule has 3 aromatic rings. The Morgan fingerprint density at radius 2 is 2.18 bits per heavy atom. The molecule has 8 heteroatoms. The van der Waals surface area contributed by atoms with Crippen molar-refractivity contribution in [3.05, 3.63) is 65.5 Å². The molecule has 0 bridgehead atoms. The van der Waals surface area contributed by atoms with Crippen molar-refractivity contribution < 1.29 is 9.18 Å². The predicted octanol–water partition coefficient (Wildman–Crippen LogP) is 2.25. The largest absolute Gasteiger partial charge is 0.350 e. The Morgan fingerprint density at radius 1 is 1.29 bits per heavy atom. The lowest BCUT2D eigenvalue weighted by molar-refractivity contribution is -0.120. The molecule has 1 aromatic carbocycles. The molecule has 0 spiro atoms. The number of carbonyl (C=O) groups excluding carboxylic acids is 1. The van der Waals surface area contributed by atoms with Crippen LogP contribution in [-0.2, 0) is 31.0 Å². The fourth-order valence-corrected chi connectivity index (χ4v) is 3.47. The van der Waals surface area contributed by atoms with Gasteiger partial charge in [0, 0.05) is 38.4 Å². The molecule has 7 nitrogen and oxygen atoms in total. The van der Waals surface area contributed by atoms with Gasteiger partial charge in [-0.25, -0.2) is 9.07 Å². The Bertz CT molecular complexity index is 965. The van der Waals surface area contributed by atoms with Crippen molar-refractivity contribution in [1.29, 1.82) is 0 Å². The summed E-state index contributed by atoms with van der Waals surface area (Å²) in [6.07, 6.45) is 4.04. The van der Waals surface area contributed by atoms with E-state index < -0.39 is 0 Å². The van der Waals surface area contributed by atoms with Crippen molar-refractivity contribution in [3.8, 4) is 5.69 Å². The lowest BCUT2D eigenvalue weighted by atomic mass is 10.1. The minimum absolute atomic E-state index is 0.0184. The highest BCUT2D eigenvalue weighted by molar-refractivity contribution is 5.75. The lowest BCUT2D eigenvalue weighted by Crippen LogP contribution is -2.33. The number of rotatable bonds is 6. The molecule has 1 N–H and O–H groups in total. The van der Waals surface area contributed by atoms with Crippen molar-refractivity contribution in [2.45, 2.75) is 39.5 Å². The lowest BCUT2D eigenvalue weighted by Gasteiger charge is -2.28. The van der Waals surface area contributed by atoms with E-state index in [4.69, 9.17) is 0 Å². The standard InChI is InChI=1S/C20H23FN6O/c1-2-20(28)22-12-17-11-18-14-25(8-9-26(18)24-17)13-15-10-16(21)4-5-19(15)27-7-3-6-23-27/h3-7,10-11H,2,8-9,12-14H2,1H3,(H,22,28). The van der Waals surface area contributed by atoms with Crippen LogP contribution in [0.25, 0.3) is 5.69 Å². The van der Waals surface area contributed by atoms with Crippen LogP contribution in [0.2, 0.25) is 0 Å². The van der Waals surface area contributed by atoms with Gasteiger partial charge in [0.15, 0.2) is 0 Å². The fraction of sp³-hybridized carbons (Fsp3) is 0.350. The van der Waals surface area contributed by atoms with Crippen molar-refractivity contribution >= 4 is 5.91 Å². The molecule has 146 valence electrons. The van der Waals surface area contributed by atoms with E-state index in [9.17, 15) is 9.18 Å². The van der Waals surface area contributed by atoms with Gasteiger partial charge in [-0.15, -0.1) is 0 Å². The third-order valence-electron chi connectivity index (χ3n) is 4.90. The maximum absolute atomic E-state index is 13.9. The molecular weight excluding hydrogens is 359 g/mol. The van der Waals surface area contributed by atoms with Crippen LogP contribution in [0, 0.1) is 5.82 Å². The molecule has 1 aliphatic heterocycles. The highest BCUT2D eigenvalue weighted by Gasteiger charge is 2.20. The Hall–Kier alpha value is -3.00. The van der Waals surface area contributed by atoms with Gasteiger partial charge in [-0.1, -0.05) is 6.92 Å². The molecule has 0 unspecified atom stereocenters. The number of amides is 1. The van der Waals surface area contributed by atoms with Crippen molar-refractivity contribution in [1.82, 2.24) is 29.8 Å².